The van der Waals surface area contributed by atoms with Gasteiger partial charge in [0.2, 0.25) is 0 Å². The number of benzene rings is 2. The molecule has 5 nitrogen and oxygen atoms in total. The highest BCUT2D eigenvalue weighted by atomic mass is 16.5. The molecule has 0 bridgehead atoms. The first-order valence-corrected chi connectivity index (χ1v) is 9.41. The van der Waals surface area contributed by atoms with E-state index in [2.05, 4.69) is 24.2 Å². The molecule has 0 spiro atoms. The fourth-order valence-corrected chi connectivity index (χ4v) is 3.18. The number of carbonyl (C=O) groups is 1. The van der Waals surface area contributed by atoms with Crippen LogP contribution in [0, 0.1) is 0 Å². The van der Waals surface area contributed by atoms with Gasteiger partial charge in [-0.25, -0.2) is 4.99 Å². The maximum absolute atomic E-state index is 12.3. The van der Waals surface area contributed by atoms with Crippen LogP contribution in [0.2, 0.25) is 0 Å². The number of hydrogen-bond donors (Lipinski definition) is 1. The fourth-order valence-electron chi connectivity index (χ4n) is 3.18. The lowest BCUT2D eigenvalue weighted by Crippen LogP contribution is -2.24. The van der Waals surface area contributed by atoms with Gasteiger partial charge in [-0.3, -0.25) is 4.79 Å². The van der Waals surface area contributed by atoms with Gasteiger partial charge in [0, 0.05) is 6.42 Å². The maximum atomic E-state index is 12.3. The monoisotopic (exact) mass is 378 g/mol. The molecule has 146 valence electrons. The summed E-state index contributed by atoms with van der Waals surface area (Å²) in [6.45, 7) is 4.23. The molecular formula is C23H26N2O3. The number of aryl methyl sites for hydroxylation is 1. The number of aliphatic imine (C=N–C) groups is 1. The van der Waals surface area contributed by atoms with E-state index < -0.39 is 0 Å². The summed E-state index contributed by atoms with van der Waals surface area (Å²) >= 11 is 0. The molecule has 0 unspecified atom stereocenters. The van der Waals surface area contributed by atoms with Crippen molar-refractivity contribution in [2.75, 3.05) is 14.2 Å². The van der Waals surface area contributed by atoms with Gasteiger partial charge < -0.3 is 14.8 Å². The summed E-state index contributed by atoms with van der Waals surface area (Å²) in [4.78, 5) is 16.8. The van der Waals surface area contributed by atoms with Gasteiger partial charge in [-0.15, -0.1) is 0 Å². The van der Waals surface area contributed by atoms with E-state index in [0.717, 1.165) is 34.6 Å². The molecule has 1 aliphatic heterocycles. The molecule has 0 saturated heterocycles. The lowest BCUT2D eigenvalue weighted by molar-refractivity contribution is -0.115. The number of nitrogens with zero attached hydrogens (tertiary/aromatic N) is 1. The van der Waals surface area contributed by atoms with Crippen LogP contribution in [0.4, 0.5) is 0 Å². The highest BCUT2D eigenvalue weighted by molar-refractivity contribution is 6.14. The number of ether oxygens (including phenoxy) is 2. The summed E-state index contributed by atoms with van der Waals surface area (Å²) in [6, 6.07) is 13.8. The SMILES string of the molecule is COc1cccc(CCC2=N/C(=C/c3ccc(OC)c(C(C)C)c3)C(=O)N2)c1. The first-order chi connectivity index (χ1) is 13.5. The number of rotatable bonds is 7. The third kappa shape index (κ3) is 4.60. The van der Waals surface area contributed by atoms with Gasteiger partial charge in [-0.2, -0.15) is 0 Å². The highest BCUT2D eigenvalue weighted by Gasteiger charge is 2.20. The first-order valence-electron chi connectivity index (χ1n) is 9.41. The third-order valence-electron chi connectivity index (χ3n) is 4.71. The predicted octanol–water partition coefficient (Wildman–Crippen LogP) is 4.33. The Kier molecular flexibility index (Phi) is 6.14. The predicted molar refractivity (Wildman–Crippen MR) is 112 cm³/mol. The van der Waals surface area contributed by atoms with Crippen molar-refractivity contribution in [1.29, 1.82) is 0 Å². The van der Waals surface area contributed by atoms with E-state index in [1.807, 2.05) is 48.5 Å². The molecule has 28 heavy (non-hydrogen) atoms. The minimum atomic E-state index is -0.164. The topological polar surface area (TPSA) is 59.9 Å². The number of hydrogen-bond acceptors (Lipinski definition) is 4. The standard InChI is InChI=1S/C23H26N2O3/c1-15(2)19-13-17(8-10-21(19)28-4)14-20-23(26)25-22(24-20)11-9-16-6-5-7-18(12-16)27-3/h5-8,10,12-15H,9,11H2,1-4H3,(H,24,25,26)/b20-14+. The molecule has 2 aromatic rings. The van der Waals surface area contributed by atoms with E-state index in [1.165, 1.54) is 0 Å². The van der Waals surface area contributed by atoms with Gasteiger partial charge in [0.15, 0.2) is 0 Å². The fraction of sp³-hybridized carbons (Fsp3) is 0.304. The summed E-state index contributed by atoms with van der Waals surface area (Å²) in [5.41, 5.74) is 3.62. The lowest BCUT2D eigenvalue weighted by atomic mass is 9.99. The zero-order chi connectivity index (χ0) is 20.1. The van der Waals surface area contributed by atoms with Crippen molar-refractivity contribution in [3.8, 4) is 11.5 Å². The van der Waals surface area contributed by atoms with Crippen LogP contribution < -0.4 is 14.8 Å². The molecule has 0 aliphatic carbocycles. The van der Waals surface area contributed by atoms with Gasteiger partial charge in [-0.1, -0.05) is 32.0 Å². The molecule has 3 rings (SSSR count). The Hall–Kier alpha value is -3.08. The van der Waals surface area contributed by atoms with Crippen LogP contribution in [0.15, 0.2) is 53.2 Å². The quantitative estimate of drug-likeness (QED) is 0.730. The Morgan fingerprint density at radius 2 is 1.89 bits per heavy atom. The van der Waals surface area contributed by atoms with Crippen LogP contribution in [0.3, 0.4) is 0 Å². The number of amidine groups is 1. The van der Waals surface area contributed by atoms with Crippen molar-refractivity contribution < 1.29 is 14.3 Å². The van der Waals surface area contributed by atoms with Crippen molar-refractivity contribution in [3.05, 3.63) is 64.9 Å². The molecule has 1 aliphatic rings. The van der Waals surface area contributed by atoms with Crippen molar-refractivity contribution in [1.82, 2.24) is 5.32 Å². The average molecular weight is 378 g/mol. The maximum Gasteiger partial charge on any atom is 0.275 e. The second kappa shape index (κ2) is 8.74. The summed E-state index contributed by atoms with van der Waals surface area (Å²) in [6.07, 6.45) is 3.26. The molecule has 1 heterocycles. The minimum Gasteiger partial charge on any atom is -0.497 e. The molecule has 0 saturated carbocycles. The highest BCUT2D eigenvalue weighted by Crippen LogP contribution is 2.28. The number of amides is 1. The third-order valence-corrected chi connectivity index (χ3v) is 4.71. The van der Waals surface area contributed by atoms with E-state index in [4.69, 9.17) is 9.47 Å². The van der Waals surface area contributed by atoms with Crippen molar-refractivity contribution in [2.45, 2.75) is 32.6 Å². The molecule has 0 atom stereocenters. The van der Waals surface area contributed by atoms with Gasteiger partial charge in [-0.05, 0) is 59.4 Å². The van der Waals surface area contributed by atoms with Crippen molar-refractivity contribution >= 4 is 17.8 Å². The van der Waals surface area contributed by atoms with Crippen LogP contribution in [0.5, 0.6) is 11.5 Å². The molecule has 1 N–H and O–H groups in total. The van der Waals surface area contributed by atoms with Crippen LogP contribution in [-0.2, 0) is 11.2 Å². The van der Waals surface area contributed by atoms with Gasteiger partial charge >= 0.3 is 0 Å². The summed E-state index contributed by atoms with van der Waals surface area (Å²) < 4.78 is 10.7. The molecule has 0 aromatic heterocycles. The number of nitrogens with one attached hydrogen (secondary N) is 1. The number of methoxy groups -OCH3 is 2. The Labute approximate surface area is 166 Å². The van der Waals surface area contributed by atoms with E-state index in [1.54, 1.807) is 14.2 Å². The molecule has 2 aromatic carbocycles. The Balaban J connectivity index is 1.75. The second-order valence-electron chi connectivity index (χ2n) is 7.05. The summed E-state index contributed by atoms with van der Waals surface area (Å²) in [7, 11) is 3.32. The Morgan fingerprint density at radius 1 is 1.07 bits per heavy atom. The second-order valence-corrected chi connectivity index (χ2v) is 7.05. The normalized spacial score (nSPS) is 15.0. The molecular weight excluding hydrogens is 352 g/mol. The van der Waals surface area contributed by atoms with E-state index in [-0.39, 0.29) is 5.91 Å². The Morgan fingerprint density at radius 3 is 2.61 bits per heavy atom. The van der Waals surface area contributed by atoms with Gasteiger partial charge in [0.1, 0.15) is 23.0 Å². The molecule has 5 heteroatoms. The average Bonchev–Trinajstić information content (AvgIpc) is 3.05. The molecule has 0 radical (unpaired) electrons. The van der Waals surface area contributed by atoms with Crippen LogP contribution >= 0.6 is 0 Å². The first kappa shape index (κ1) is 19.7. The van der Waals surface area contributed by atoms with Crippen LogP contribution in [-0.4, -0.2) is 26.0 Å². The molecule has 1 amide bonds. The van der Waals surface area contributed by atoms with Gasteiger partial charge in [0.05, 0.1) is 14.2 Å². The van der Waals surface area contributed by atoms with Crippen LogP contribution in [0.25, 0.3) is 6.08 Å². The van der Waals surface area contributed by atoms with E-state index >= 15 is 0 Å². The molecule has 0 fully saturated rings. The van der Waals surface area contributed by atoms with Crippen molar-refractivity contribution in [3.63, 3.8) is 0 Å². The summed E-state index contributed by atoms with van der Waals surface area (Å²) in [5, 5.41) is 2.87. The summed E-state index contributed by atoms with van der Waals surface area (Å²) in [5.74, 6) is 2.54. The number of carbonyl (C=O) groups excluding carboxylic acids is 1. The smallest absolute Gasteiger partial charge is 0.275 e. The zero-order valence-corrected chi connectivity index (χ0v) is 16.8. The minimum absolute atomic E-state index is 0.164. The van der Waals surface area contributed by atoms with Gasteiger partial charge in [0.25, 0.3) is 5.91 Å². The largest absolute Gasteiger partial charge is 0.497 e. The van der Waals surface area contributed by atoms with E-state index in [0.29, 0.717) is 23.9 Å². The van der Waals surface area contributed by atoms with Crippen molar-refractivity contribution in [2.24, 2.45) is 4.99 Å². The van der Waals surface area contributed by atoms with Crippen LogP contribution in [0.1, 0.15) is 42.9 Å². The Bertz CT molecular complexity index is 929. The lowest BCUT2D eigenvalue weighted by Gasteiger charge is -2.12. The zero-order valence-electron chi connectivity index (χ0n) is 16.8. The van der Waals surface area contributed by atoms with E-state index in [9.17, 15) is 4.79 Å².